The number of carbonyl (C=O) groups is 3. The number of carboxylic acid groups (broad SMARTS) is 2. The molecule has 18 heavy (non-hydrogen) atoms. The van der Waals surface area contributed by atoms with Gasteiger partial charge in [-0.15, -0.1) is 0 Å². The number of hydrogen-bond donors (Lipinski definition) is 3. The van der Waals surface area contributed by atoms with Crippen LogP contribution in [0.2, 0.25) is 0 Å². The van der Waals surface area contributed by atoms with Crippen molar-refractivity contribution in [2.75, 3.05) is 0 Å². The first kappa shape index (κ1) is 12.6. The van der Waals surface area contributed by atoms with Crippen molar-refractivity contribution < 1.29 is 24.6 Å². The average Bonchev–Trinajstić information content (AvgIpc) is 2.87. The minimum Gasteiger partial charge on any atom is -0.481 e. The van der Waals surface area contributed by atoms with Crippen LogP contribution >= 0.6 is 0 Å². The van der Waals surface area contributed by atoms with Crippen LogP contribution in [0.1, 0.15) is 13.3 Å². The summed E-state index contributed by atoms with van der Waals surface area (Å²) in [6, 6.07) is -1.00. The molecule has 6 nitrogen and oxygen atoms in total. The van der Waals surface area contributed by atoms with Crippen molar-refractivity contribution in [2.45, 2.75) is 19.4 Å². The molecule has 2 aliphatic rings. The maximum atomic E-state index is 12.0. The summed E-state index contributed by atoms with van der Waals surface area (Å²) in [5.41, 5.74) is 0. The molecule has 5 atom stereocenters. The molecule has 0 aliphatic heterocycles. The smallest absolute Gasteiger partial charge is 0.325 e. The van der Waals surface area contributed by atoms with Crippen molar-refractivity contribution >= 4 is 17.8 Å². The molecule has 3 N–H and O–H groups in total. The molecule has 2 aliphatic carbocycles. The first-order valence-corrected chi connectivity index (χ1v) is 5.86. The van der Waals surface area contributed by atoms with Gasteiger partial charge < -0.3 is 15.5 Å². The summed E-state index contributed by atoms with van der Waals surface area (Å²) in [5.74, 6) is -4.18. The molecule has 0 spiro atoms. The number of fused-ring (bicyclic) bond motifs is 2. The highest BCUT2D eigenvalue weighted by Gasteiger charge is 2.51. The summed E-state index contributed by atoms with van der Waals surface area (Å²) in [4.78, 5) is 33.9. The molecular weight excluding hydrogens is 238 g/mol. The third-order valence-corrected chi connectivity index (χ3v) is 3.78. The molecule has 0 unspecified atom stereocenters. The third kappa shape index (κ3) is 1.98. The van der Waals surface area contributed by atoms with Crippen molar-refractivity contribution in [3.8, 4) is 0 Å². The van der Waals surface area contributed by atoms with Gasteiger partial charge in [0.1, 0.15) is 6.04 Å². The van der Waals surface area contributed by atoms with E-state index in [1.807, 2.05) is 12.2 Å². The predicted octanol–water partition coefficient (Wildman–Crippen LogP) is 0.0986. The zero-order valence-corrected chi connectivity index (χ0v) is 9.87. The Labute approximate surface area is 104 Å². The standard InChI is InChI=1S/C12H15NO5/c1-5(11(15)16)13-10(14)8-6-2-3-7(4-6)9(8)12(17)18/h2-3,5-9H,4H2,1H3,(H,13,14)(H,15,16)(H,17,18)/t5-,6-,7-,8+,9-/m0/s1. The number of aliphatic carboxylic acids is 2. The van der Waals surface area contributed by atoms with Gasteiger partial charge in [0.25, 0.3) is 0 Å². The summed E-state index contributed by atoms with van der Waals surface area (Å²) in [7, 11) is 0. The Morgan fingerprint density at radius 3 is 2.22 bits per heavy atom. The van der Waals surface area contributed by atoms with E-state index in [2.05, 4.69) is 5.32 Å². The summed E-state index contributed by atoms with van der Waals surface area (Å²) < 4.78 is 0. The Bertz CT molecular complexity index is 430. The lowest BCUT2D eigenvalue weighted by atomic mass is 9.82. The first-order chi connectivity index (χ1) is 8.41. The SMILES string of the molecule is C[C@H](NC(=O)[C@H]1[C@@H](C(=O)O)[C@H]2C=C[C@H]1C2)C(=O)O. The minimum absolute atomic E-state index is 0.0860. The molecule has 0 aromatic carbocycles. The summed E-state index contributed by atoms with van der Waals surface area (Å²) in [6.07, 6.45) is 4.37. The molecule has 1 fully saturated rings. The highest BCUT2D eigenvalue weighted by Crippen LogP contribution is 2.48. The molecule has 0 aromatic heterocycles. The molecular formula is C12H15NO5. The van der Waals surface area contributed by atoms with Crippen LogP contribution in [-0.2, 0) is 14.4 Å². The molecule has 1 saturated carbocycles. The van der Waals surface area contributed by atoms with Crippen molar-refractivity contribution in [1.82, 2.24) is 5.32 Å². The molecule has 0 saturated heterocycles. The Morgan fingerprint density at radius 2 is 1.72 bits per heavy atom. The minimum atomic E-state index is -1.13. The van der Waals surface area contributed by atoms with Crippen LogP contribution in [0.5, 0.6) is 0 Å². The Kier molecular flexibility index (Phi) is 3.11. The number of hydrogen-bond acceptors (Lipinski definition) is 3. The van der Waals surface area contributed by atoms with E-state index < -0.39 is 35.7 Å². The van der Waals surface area contributed by atoms with E-state index in [9.17, 15) is 14.4 Å². The van der Waals surface area contributed by atoms with Gasteiger partial charge in [-0.25, -0.2) is 0 Å². The lowest BCUT2D eigenvalue weighted by Gasteiger charge is -2.24. The van der Waals surface area contributed by atoms with E-state index in [-0.39, 0.29) is 11.8 Å². The third-order valence-electron chi connectivity index (χ3n) is 3.78. The van der Waals surface area contributed by atoms with Gasteiger partial charge in [-0.1, -0.05) is 12.2 Å². The molecule has 98 valence electrons. The lowest BCUT2D eigenvalue weighted by Crippen LogP contribution is -2.46. The van der Waals surface area contributed by atoms with Crippen molar-refractivity contribution in [2.24, 2.45) is 23.7 Å². The Morgan fingerprint density at radius 1 is 1.17 bits per heavy atom. The summed E-state index contributed by atoms with van der Waals surface area (Å²) >= 11 is 0. The van der Waals surface area contributed by atoms with E-state index in [4.69, 9.17) is 10.2 Å². The Balaban J connectivity index is 2.12. The zero-order valence-electron chi connectivity index (χ0n) is 9.87. The van der Waals surface area contributed by atoms with E-state index >= 15 is 0 Å². The van der Waals surface area contributed by atoms with Crippen molar-refractivity contribution in [3.63, 3.8) is 0 Å². The maximum Gasteiger partial charge on any atom is 0.325 e. The molecule has 2 rings (SSSR count). The molecule has 0 radical (unpaired) electrons. The van der Waals surface area contributed by atoms with Crippen LogP contribution in [0.4, 0.5) is 0 Å². The van der Waals surface area contributed by atoms with Gasteiger partial charge in [-0.05, 0) is 25.2 Å². The highest BCUT2D eigenvalue weighted by molar-refractivity contribution is 5.89. The number of carbonyl (C=O) groups excluding carboxylic acids is 1. The number of nitrogens with one attached hydrogen (secondary N) is 1. The quantitative estimate of drug-likeness (QED) is 0.616. The van der Waals surface area contributed by atoms with Gasteiger partial charge in [0.2, 0.25) is 5.91 Å². The van der Waals surface area contributed by atoms with Crippen LogP contribution in [0.15, 0.2) is 12.2 Å². The van der Waals surface area contributed by atoms with Crippen LogP contribution in [0.3, 0.4) is 0 Å². The number of carboxylic acids is 2. The van der Waals surface area contributed by atoms with Gasteiger partial charge >= 0.3 is 11.9 Å². The number of allylic oxidation sites excluding steroid dienone is 2. The molecule has 1 amide bonds. The zero-order chi connectivity index (χ0) is 13.4. The summed E-state index contributed by atoms with van der Waals surface area (Å²) in [6.45, 7) is 1.36. The van der Waals surface area contributed by atoms with E-state index in [1.165, 1.54) is 6.92 Å². The van der Waals surface area contributed by atoms with Crippen LogP contribution < -0.4 is 5.32 Å². The van der Waals surface area contributed by atoms with Crippen LogP contribution in [0, 0.1) is 23.7 Å². The topological polar surface area (TPSA) is 104 Å². The fraction of sp³-hybridized carbons (Fsp3) is 0.583. The van der Waals surface area contributed by atoms with Crippen molar-refractivity contribution in [3.05, 3.63) is 12.2 Å². The fourth-order valence-electron chi connectivity index (χ4n) is 2.89. The van der Waals surface area contributed by atoms with Gasteiger partial charge in [0.05, 0.1) is 11.8 Å². The van der Waals surface area contributed by atoms with Crippen LogP contribution in [0.25, 0.3) is 0 Å². The number of amides is 1. The second-order valence-corrected chi connectivity index (χ2v) is 4.91. The van der Waals surface area contributed by atoms with E-state index in [0.717, 1.165) is 0 Å². The first-order valence-electron chi connectivity index (χ1n) is 5.86. The lowest BCUT2D eigenvalue weighted by molar-refractivity contribution is -0.148. The Hall–Kier alpha value is -1.85. The number of rotatable bonds is 4. The van der Waals surface area contributed by atoms with Crippen molar-refractivity contribution in [1.29, 1.82) is 0 Å². The molecule has 6 heteroatoms. The average molecular weight is 253 g/mol. The second kappa shape index (κ2) is 4.44. The molecule has 2 bridgehead atoms. The fourth-order valence-corrected chi connectivity index (χ4v) is 2.89. The largest absolute Gasteiger partial charge is 0.481 e. The normalized spacial score (nSPS) is 34.3. The maximum absolute atomic E-state index is 12.0. The van der Waals surface area contributed by atoms with Gasteiger partial charge in [-0.2, -0.15) is 0 Å². The molecule has 0 heterocycles. The van der Waals surface area contributed by atoms with Gasteiger partial charge in [0.15, 0.2) is 0 Å². The predicted molar refractivity (Wildman–Crippen MR) is 60.6 cm³/mol. The highest BCUT2D eigenvalue weighted by atomic mass is 16.4. The molecule has 0 aromatic rings. The second-order valence-electron chi connectivity index (χ2n) is 4.91. The van der Waals surface area contributed by atoms with E-state index in [0.29, 0.717) is 6.42 Å². The van der Waals surface area contributed by atoms with Crippen LogP contribution in [-0.4, -0.2) is 34.1 Å². The summed E-state index contributed by atoms with van der Waals surface area (Å²) in [5, 5.41) is 20.3. The van der Waals surface area contributed by atoms with Gasteiger partial charge in [0, 0.05) is 0 Å². The monoisotopic (exact) mass is 253 g/mol. The van der Waals surface area contributed by atoms with Gasteiger partial charge in [-0.3, -0.25) is 14.4 Å². The van der Waals surface area contributed by atoms with E-state index in [1.54, 1.807) is 0 Å².